The fraction of sp³-hybridized carbons (Fsp3) is 0.353. The normalized spacial score (nSPS) is 18.0. The number of ether oxygens (including phenoxy) is 2. The lowest BCUT2D eigenvalue weighted by molar-refractivity contribution is -0.163. The molecule has 0 saturated carbocycles. The molecule has 1 aromatic carbocycles. The third kappa shape index (κ3) is 2.92. The fourth-order valence-electron chi connectivity index (χ4n) is 2.72. The van der Waals surface area contributed by atoms with E-state index in [-0.39, 0.29) is 13.2 Å². The van der Waals surface area contributed by atoms with Gasteiger partial charge in [-0.3, -0.25) is 0 Å². The van der Waals surface area contributed by atoms with Crippen LogP contribution in [0.1, 0.15) is 25.5 Å². The van der Waals surface area contributed by atoms with Crippen LogP contribution in [0.3, 0.4) is 0 Å². The standard InChI is InChI=1S/C17H16BrNO5S/c1-3-23-15(21)17(16(22)24-4-2)13(20)11-8-9-7-10(18)5-6-12(9)19-14(11)25-17/h5-8,13,20H,3-4H2,1-2H3/t13-/m0/s1. The van der Waals surface area contributed by atoms with Gasteiger partial charge in [-0.05, 0) is 38.1 Å². The maximum absolute atomic E-state index is 12.6. The molecule has 0 bridgehead atoms. The number of aliphatic hydroxyl groups is 1. The fourth-order valence-corrected chi connectivity index (χ4v) is 4.36. The van der Waals surface area contributed by atoms with Crippen LogP contribution in [0.5, 0.6) is 0 Å². The summed E-state index contributed by atoms with van der Waals surface area (Å²) in [6.07, 6.45) is -1.40. The molecule has 6 nitrogen and oxygen atoms in total. The molecule has 0 aliphatic carbocycles. The molecule has 2 heterocycles. The number of hydrogen-bond donors (Lipinski definition) is 1. The minimum absolute atomic E-state index is 0.0893. The van der Waals surface area contributed by atoms with Crippen LogP contribution in [-0.2, 0) is 19.1 Å². The van der Waals surface area contributed by atoms with Crippen LogP contribution in [0.15, 0.2) is 33.8 Å². The van der Waals surface area contributed by atoms with E-state index < -0.39 is 22.8 Å². The Balaban J connectivity index is 2.13. The molecule has 1 atom stereocenters. The van der Waals surface area contributed by atoms with Gasteiger partial charge < -0.3 is 14.6 Å². The van der Waals surface area contributed by atoms with Gasteiger partial charge >= 0.3 is 11.9 Å². The first-order chi connectivity index (χ1) is 11.9. The molecule has 0 spiro atoms. The lowest BCUT2D eigenvalue weighted by Gasteiger charge is -2.26. The van der Waals surface area contributed by atoms with Crippen molar-refractivity contribution in [1.29, 1.82) is 0 Å². The SMILES string of the molecule is CCOC(=O)C1(C(=O)OCC)Sc2nc3ccc(Br)cc3cc2[C@@H]1O. The molecule has 0 radical (unpaired) electrons. The molecule has 0 saturated heterocycles. The van der Waals surface area contributed by atoms with E-state index in [0.29, 0.717) is 16.1 Å². The summed E-state index contributed by atoms with van der Waals surface area (Å²) in [5, 5.41) is 12.0. The number of nitrogens with zero attached hydrogens (tertiary/aromatic N) is 1. The average Bonchev–Trinajstić information content (AvgIpc) is 2.87. The topological polar surface area (TPSA) is 85.7 Å². The number of benzene rings is 1. The maximum Gasteiger partial charge on any atom is 0.337 e. The Morgan fingerprint density at radius 3 is 2.48 bits per heavy atom. The molecular weight excluding hydrogens is 410 g/mol. The van der Waals surface area contributed by atoms with Gasteiger partial charge in [-0.1, -0.05) is 27.7 Å². The van der Waals surface area contributed by atoms with E-state index in [2.05, 4.69) is 20.9 Å². The molecule has 8 heteroatoms. The highest BCUT2D eigenvalue weighted by Crippen LogP contribution is 2.53. The molecule has 1 N–H and O–H groups in total. The molecule has 0 unspecified atom stereocenters. The van der Waals surface area contributed by atoms with Crippen molar-refractivity contribution in [3.63, 3.8) is 0 Å². The number of hydrogen-bond acceptors (Lipinski definition) is 7. The van der Waals surface area contributed by atoms with Gasteiger partial charge in [-0.25, -0.2) is 14.6 Å². The Morgan fingerprint density at radius 1 is 1.24 bits per heavy atom. The summed E-state index contributed by atoms with van der Waals surface area (Å²) in [5.74, 6) is -1.65. The summed E-state index contributed by atoms with van der Waals surface area (Å²) >= 11 is 4.28. The number of aromatic nitrogens is 1. The Morgan fingerprint density at radius 2 is 1.88 bits per heavy atom. The van der Waals surface area contributed by atoms with E-state index in [1.165, 1.54) is 0 Å². The third-order valence-corrected chi connectivity index (χ3v) is 5.76. The molecule has 1 aromatic heterocycles. The van der Waals surface area contributed by atoms with Gasteiger partial charge in [-0.2, -0.15) is 0 Å². The van der Waals surface area contributed by atoms with Gasteiger partial charge in [0.2, 0.25) is 4.75 Å². The van der Waals surface area contributed by atoms with E-state index in [9.17, 15) is 14.7 Å². The molecule has 0 fully saturated rings. The van der Waals surface area contributed by atoms with Crippen LogP contribution in [-0.4, -0.2) is 40.0 Å². The van der Waals surface area contributed by atoms with E-state index >= 15 is 0 Å². The van der Waals surface area contributed by atoms with Crippen molar-refractivity contribution in [2.24, 2.45) is 0 Å². The first kappa shape index (κ1) is 18.2. The lowest BCUT2D eigenvalue weighted by Crippen LogP contribution is -2.48. The highest BCUT2D eigenvalue weighted by atomic mass is 79.9. The van der Waals surface area contributed by atoms with Gasteiger partial charge in [0.05, 0.1) is 18.7 Å². The van der Waals surface area contributed by atoms with Crippen LogP contribution in [0.4, 0.5) is 0 Å². The second-order valence-corrected chi connectivity index (χ2v) is 7.55. The van der Waals surface area contributed by atoms with Crippen molar-refractivity contribution in [2.75, 3.05) is 13.2 Å². The van der Waals surface area contributed by atoms with Gasteiger partial charge in [0.15, 0.2) is 0 Å². The van der Waals surface area contributed by atoms with Gasteiger partial charge in [0, 0.05) is 15.4 Å². The summed E-state index contributed by atoms with van der Waals surface area (Å²) in [5.41, 5.74) is 1.11. The van der Waals surface area contributed by atoms with Crippen LogP contribution in [0.2, 0.25) is 0 Å². The first-order valence-corrected chi connectivity index (χ1v) is 9.36. The van der Waals surface area contributed by atoms with Crippen molar-refractivity contribution in [1.82, 2.24) is 4.98 Å². The van der Waals surface area contributed by atoms with Crippen LogP contribution in [0, 0.1) is 0 Å². The quantitative estimate of drug-likeness (QED) is 0.594. The number of aliphatic hydroxyl groups excluding tert-OH is 1. The van der Waals surface area contributed by atoms with E-state index in [1.807, 2.05) is 18.2 Å². The second kappa shape index (κ2) is 6.93. The number of esters is 2. The zero-order valence-electron chi connectivity index (χ0n) is 13.6. The van der Waals surface area contributed by atoms with Crippen molar-refractivity contribution >= 4 is 50.5 Å². The number of thioether (sulfide) groups is 1. The van der Waals surface area contributed by atoms with Crippen LogP contribution in [0.25, 0.3) is 10.9 Å². The zero-order valence-corrected chi connectivity index (χ0v) is 16.0. The summed E-state index contributed by atoms with van der Waals surface area (Å²) in [4.78, 5) is 29.6. The van der Waals surface area contributed by atoms with Gasteiger partial charge in [-0.15, -0.1) is 0 Å². The van der Waals surface area contributed by atoms with Crippen molar-refractivity contribution in [3.05, 3.63) is 34.3 Å². The Kier molecular flexibility index (Phi) is 5.04. The third-order valence-electron chi connectivity index (χ3n) is 3.86. The summed E-state index contributed by atoms with van der Waals surface area (Å²) in [7, 11) is 0. The number of halogens is 1. The molecule has 2 aromatic rings. The molecule has 25 heavy (non-hydrogen) atoms. The second-order valence-electron chi connectivity index (χ2n) is 5.40. The molecule has 3 rings (SSSR count). The number of carbonyl (C=O) groups is 2. The highest BCUT2D eigenvalue weighted by molar-refractivity contribution is 9.10. The molecule has 0 amide bonds. The Hall–Kier alpha value is -1.64. The summed E-state index contributed by atoms with van der Waals surface area (Å²) in [6.45, 7) is 3.46. The predicted octanol–water partition coefficient (Wildman–Crippen LogP) is 3.00. The smallest absolute Gasteiger partial charge is 0.337 e. The Bertz CT molecular complexity index is 838. The zero-order chi connectivity index (χ0) is 18.2. The van der Waals surface area contributed by atoms with Gasteiger partial charge in [0.25, 0.3) is 0 Å². The summed E-state index contributed by atoms with van der Waals surface area (Å²) in [6, 6.07) is 7.26. The van der Waals surface area contributed by atoms with E-state index in [4.69, 9.17) is 9.47 Å². The van der Waals surface area contributed by atoms with Gasteiger partial charge in [0.1, 0.15) is 11.1 Å². The minimum Gasteiger partial charge on any atom is -0.464 e. The van der Waals surface area contributed by atoms with Crippen molar-refractivity contribution in [2.45, 2.75) is 29.7 Å². The molecule has 1 aliphatic heterocycles. The molecular formula is C17H16BrNO5S. The van der Waals surface area contributed by atoms with Crippen LogP contribution < -0.4 is 0 Å². The number of carbonyl (C=O) groups excluding carboxylic acids is 2. The van der Waals surface area contributed by atoms with Crippen molar-refractivity contribution in [3.8, 4) is 0 Å². The predicted molar refractivity (Wildman–Crippen MR) is 96.3 cm³/mol. The largest absolute Gasteiger partial charge is 0.464 e. The summed E-state index contributed by atoms with van der Waals surface area (Å²) < 4.78 is 9.09. The maximum atomic E-state index is 12.6. The Labute approximate surface area is 157 Å². The molecule has 132 valence electrons. The van der Waals surface area contributed by atoms with Crippen LogP contribution >= 0.6 is 27.7 Å². The first-order valence-electron chi connectivity index (χ1n) is 7.75. The molecule has 1 aliphatic rings. The number of pyridine rings is 1. The van der Waals surface area contributed by atoms with Crippen molar-refractivity contribution < 1.29 is 24.2 Å². The highest BCUT2D eigenvalue weighted by Gasteiger charge is 2.61. The lowest BCUT2D eigenvalue weighted by atomic mass is 9.95. The average molecular weight is 426 g/mol. The number of rotatable bonds is 4. The van der Waals surface area contributed by atoms with E-state index in [0.717, 1.165) is 21.6 Å². The monoisotopic (exact) mass is 425 g/mol. The number of fused-ring (bicyclic) bond motifs is 2. The minimum atomic E-state index is -1.89. The van der Waals surface area contributed by atoms with E-state index in [1.54, 1.807) is 19.9 Å².